The van der Waals surface area contributed by atoms with Crippen molar-refractivity contribution >= 4 is 50.8 Å². The first-order valence-corrected chi connectivity index (χ1v) is 16.4. The quantitative estimate of drug-likeness (QED) is 0.320. The summed E-state index contributed by atoms with van der Waals surface area (Å²) in [6, 6.07) is 8.57. The lowest BCUT2D eigenvalue weighted by atomic mass is 9.88. The Morgan fingerprint density at radius 1 is 1.20 bits per heavy atom. The van der Waals surface area contributed by atoms with Crippen molar-refractivity contribution in [1.82, 2.24) is 24.4 Å². The lowest BCUT2D eigenvalue weighted by Crippen LogP contribution is -2.57. The maximum absolute atomic E-state index is 14.5. The van der Waals surface area contributed by atoms with Crippen LogP contribution in [0.1, 0.15) is 46.4 Å². The smallest absolute Gasteiger partial charge is 0.320 e. The van der Waals surface area contributed by atoms with E-state index in [4.69, 9.17) is 26.2 Å². The van der Waals surface area contributed by atoms with E-state index in [2.05, 4.69) is 26.9 Å². The van der Waals surface area contributed by atoms with Crippen LogP contribution in [0.2, 0.25) is 0 Å². The monoisotopic (exact) mass is 628 g/mol. The number of alkyl halides is 1. The van der Waals surface area contributed by atoms with Gasteiger partial charge in [0.05, 0.1) is 33.3 Å². The number of hydrogen-bond donors (Lipinski definition) is 2. The number of halogens is 1. The van der Waals surface area contributed by atoms with Crippen molar-refractivity contribution in [2.75, 3.05) is 49.2 Å². The van der Waals surface area contributed by atoms with Crippen molar-refractivity contribution in [1.29, 1.82) is 10.5 Å². The number of nitriles is 2. The number of rotatable bonds is 6. The second kappa shape index (κ2) is 9.95. The van der Waals surface area contributed by atoms with Gasteiger partial charge in [0.15, 0.2) is 5.65 Å². The second-order valence-electron chi connectivity index (χ2n) is 12.1. The zero-order chi connectivity index (χ0) is 30.2. The minimum atomic E-state index is -0.867. The Kier molecular flexibility index (Phi) is 6.21. The molecular formula is C30H29FN10OS2. The number of fused-ring (bicyclic) bond motifs is 4. The molecule has 0 saturated carbocycles. The topological polar surface area (TPSA) is 159 Å². The van der Waals surface area contributed by atoms with E-state index >= 15 is 0 Å². The molecule has 4 aromatic heterocycles. The maximum Gasteiger partial charge on any atom is 0.320 e. The Morgan fingerprint density at radius 2 is 2.07 bits per heavy atom. The fourth-order valence-corrected chi connectivity index (χ4v) is 10.3. The molecule has 3 saturated heterocycles. The highest BCUT2D eigenvalue weighted by Crippen LogP contribution is 2.58. The Labute approximate surface area is 261 Å². The summed E-state index contributed by atoms with van der Waals surface area (Å²) in [5.41, 5.74) is 15.4. The van der Waals surface area contributed by atoms with Gasteiger partial charge in [-0.2, -0.15) is 20.5 Å². The molecule has 4 aliphatic rings. The third kappa shape index (κ3) is 4.05. The van der Waals surface area contributed by atoms with E-state index < -0.39 is 6.17 Å². The van der Waals surface area contributed by atoms with Crippen LogP contribution in [-0.2, 0) is 17.0 Å². The first-order valence-electron chi connectivity index (χ1n) is 14.6. The lowest BCUT2D eigenvalue weighted by Gasteiger charge is -2.48. The van der Waals surface area contributed by atoms with Crippen molar-refractivity contribution in [3.8, 4) is 18.1 Å². The van der Waals surface area contributed by atoms with E-state index in [9.17, 15) is 14.9 Å². The molecule has 8 heterocycles. The molecule has 0 bridgehead atoms. The van der Waals surface area contributed by atoms with Gasteiger partial charge in [0.1, 0.15) is 41.6 Å². The minimum absolute atomic E-state index is 0.192. The highest BCUT2D eigenvalue weighted by molar-refractivity contribution is 8.00. The van der Waals surface area contributed by atoms with Gasteiger partial charge in [0, 0.05) is 60.2 Å². The zero-order valence-electron chi connectivity index (χ0n) is 23.8. The van der Waals surface area contributed by atoms with Gasteiger partial charge in [0.2, 0.25) is 0 Å². The zero-order valence-corrected chi connectivity index (χ0v) is 25.4. The van der Waals surface area contributed by atoms with E-state index in [1.165, 1.54) is 11.3 Å². The number of thioether (sulfide) groups is 1. The highest BCUT2D eigenvalue weighted by atomic mass is 32.2. The van der Waals surface area contributed by atoms with Crippen molar-refractivity contribution in [2.24, 2.45) is 0 Å². The molecule has 2 atom stereocenters. The summed E-state index contributed by atoms with van der Waals surface area (Å²) >= 11 is 3.32. The number of ether oxygens (including phenoxy) is 1. The molecule has 0 unspecified atom stereocenters. The molecule has 0 aliphatic carbocycles. The van der Waals surface area contributed by atoms with E-state index in [1.54, 1.807) is 12.4 Å². The lowest BCUT2D eigenvalue weighted by molar-refractivity contribution is 0.107. The second-order valence-corrected chi connectivity index (χ2v) is 14.6. The summed E-state index contributed by atoms with van der Waals surface area (Å²) in [6.07, 6.45) is 4.87. The molecule has 1 spiro atoms. The van der Waals surface area contributed by atoms with Crippen LogP contribution in [0.25, 0.3) is 11.0 Å². The molecule has 8 rings (SSSR count). The van der Waals surface area contributed by atoms with Crippen LogP contribution < -0.4 is 21.1 Å². The van der Waals surface area contributed by atoms with Gasteiger partial charge in [-0.1, -0.05) is 6.07 Å². The number of nitrogen functional groups attached to an aromatic ring is 2. The van der Waals surface area contributed by atoms with Crippen LogP contribution in [0, 0.1) is 22.7 Å². The van der Waals surface area contributed by atoms with Gasteiger partial charge < -0.3 is 25.7 Å². The standard InChI is InChI=1S/C30H29FN10OS2/c31-19-7-29(4-2-6-41(29)12-19)16-42-28-37-26-22(18(8-32)11-39(26)10-17-3-1-5-36-24(17)34)27(38-28)40-14-30(15-40)23-20(9-33)25(35)44-21(23)13-43-30/h1,3,5,11,19H,2,4,6-7,10,12-16,35H2,(H2,34,36)/t19-,29+/m1/s1. The van der Waals surface area contributed by atoms with Crippen molar-refractivity contribution in [2.45, 2.75) is 48.0 Å². The minimum Gasteiger partial charge on any atom is -0.461 e. The fourth-order valence-electron chi connectivity index (χ4n) is 7.50. The summed E-state index contributed by atoms with van der Waals surface area (Å²) < 4.78 is 22.4. The highest BCUT2D eigenvalue weighted by Gasteiger charge is 2.53. The number of nitrogens with zero attached hydrogens (tertiary/aromatic N) is 8. The van der Waals surface area contributed by atoms with Gasteiger partial charge >= 0.3 is 6.01 Å². The molecule has 224 valence electrons. The van der Waals surface area contributed by atoms with Gasteiger partial charge in [-0.05, 0) is 25.5 Å². The summed E-state index contributed by atoms with van der Waals surface area (Å²) in [4.78, 5) is 19.4. The molecule has 3 fully saturated rings. The normalized spacial score (nSPS) is 23.4. The number of aromatic nitrogens is 4. The van der Waals surface area contributed by atoms with Gasteiger partial charge in [-0.25, -0.2) is 9.37 Å². The van der Waals surface area contributed by atoms with E-state index in [1.807, 2.05) is 28.5 Å². The summed E-state index contributed by atoms with van der Waals surface area (Å²) in [6.45, 7) is 3.16. The molecule has 0 amide bonds. The van der Waals surface area contributed by atoms with Gasteiger partial charge in [-0.3, -0.25) is 4.90 Å². The number of anilines is 3. The molecule has 14 heteroatoms. The van der Waals surface area contributed by atoms with Crippen molar-refractivity contribution in [3.05, 3.63) is 51.7 Å². The predicted molar refractivity (Wildman–Crippen MR) is 167 cm³/mol. The molecule has 4 N–H and O–H groups in total. The average molecular weight is 629 g/mol. The summed E-state index contributed by atoms with van der Waals surface area (Å²) in [5.74, 6) is 1.83. The first kappa shape index (κ1) is 27.4. The largest absolute Gasteiger partial charge is 0.461 e. The molecule has 11 nitrogen and oxygen atoms in total. The van der Waals surface area contributed by atoms with Crippen LogP contribution in [0.5, 0.6) is 6.01 Å². The molecule has 44 heavy (non-hydrogen) atoms. The molecule has 4 aromatic rings. The van der Waals surface area contributed by atoms with Crippen molar-refractivity contribution < 1.29 is 9.13 Å². The molecular weight excluding hydrogens is 600 g/mol. The Hall–Kier alpha value is -4.11. The Morgan fingerprint density at radius 3 is 2.86 bits per heavy atom. The number of nitrogens with two attached hydrogens (primary N) is 2. The van der Waals surface area contributed by atoms with E-state index in [0.29, 0.717) is 78.0 Å². The maximum atomic E-state index is 14.5. The number of thiophene rings is 1. The summed E-state index contributed by atoms with van der Waals surface area (Å²) in [5, 5.41) is 21.3. The summed E-state index contributed by atoms with van der Waals surface area (Å²) in [7, 11) is 0. The van der Waals surface area contributed by atoms with E-state index in [0.717, 1.165) is 41.1 Å². The average Bonchev–Trinajstić information content (AvgIpc) is 3.77. The molecule has 4 aliphatic heterocycles. The van der Waals surface area contributed by atoms with Crippen LogP contribution in [0.15, 0.2) is 24.5 Å². The van der Waals surface area contributed by atoms with Crippen LogP contribution >= 0.6 is 23.1 Å². The third-order valence-corrected chi connectivity index (χ3v) is 12.2. The van der Waals surface area contributed by atoms with Crippen molar-refractivity contribution in [3.63, 3.8) is 0 Å². The fraction of sp³-hybridized carbons (Fsp3) is 0.433. The Balaban J connectivity index is 1.19. The number of hydrogen-bond acceptors (Lipinski definition) is 12. The predicted octanol–water partition coefficient (Wildman–Crippen LogP) is 3.76. The van der Waals surface area contributed by atoms with Crippen LogP contribution in [0.3, 0.4) is 0 Å². The number of pyridine rings is 1. The van der Waals surface area contributed by atoms with Gasteiger partial charge in [0.25, 0.3) is 0 Å². The van der Waals surface area contributed by atoms with Crippen LogP contribution in [0.4, 0.5) is 21.0 Å². The Bertz CT molecular complexity index is 1900. The third-order valence-electron chi connectivity index (χ3n) is 9.54. The van der Waals surface area contributed by atoms with E-state index in [-0.39, 0.29) is 16.3 Å². The molecule has 0 radical (unpaired) electrons. The SMILES string of the molecule is N#Cc1c(N)sc2c1C1(CN(c3nc(OC[C@@]45CCCN4C[C@H](F)C5)nc4c3c(C#N)cn4Cc3cccnc3N)C1)SC2. The first-order chi connectivity index (χ1) is 21.3. The molecule has 0 aromatic carbocycles. The van der Waals surface area contributed by atoms with Crippen LogP contribution in [-0.4, -0.2) is 68.9 Å². The van der Waals surface area contributed by atoms with Gasteiger partial charge in [-0.15, -0.1) is 23.1 Å².